The Hall–Kier alpha value is -0.260. The molecule has 0 aliphatic carbocycles. The molecule has 4 heteroatoms. The number of rotatable bonds is 3. The van der Waals surface area contributed by atoms with E-state index in [1.54, 1.807) is 6.20 Å². The highest BCUT2D eigenvalue weighted by Gasteiger charge is 1.92. The summed E-state index contributed by atoms with van der Waals surface area (Å²) in [5.74, 6) is 0.936. The van der Waals surface area contributed by atoms with Gasteiger partial charge in [-0.05, 0) is 6.72 Å². The maximum Gasteiger partial charge on any atom is 0.128 e. The molecule has 0 amide bonds. The smallest absolute Gasteiger partial charge is 0.128 e. The number of halogens is 1. The van der Waals surface area contributed by atoms with Gasteiger partial charge in [0.05, 0.1) is 29.1 Å². The Bertz CT molecular complexity index is 119. The van der Waals surface area contributed by atoms with Gasteiger partial charge in [0.1, 0.15) is 5.82 Å². The van der Waals surface area contributed by atoms with E-state index < -0.39 is 0 Å². The molecule has 0 aromatic heterocycles. The Morgan fingerprint density at radius 3 is 2.44 bits per heavy atom. The number of hydrogen-bond donors (Lipinski definition) is 1. The van der Waals surface area contributed by atoms with Crippen LogP contribution in [0.25, 0.3) is 0 Å². The minimum Gasteiger partial charge on any atom is -0.363 e. The average molecular weight is 239 g/mol. The van der Waals surface area contributed by atoms with Crippen LogP contribution in [0.4, 0.5) is 0 Å². The monoisotopic (exact) mass is 239 g/mol. The lowest BCUT2D eigenvalue weighted by Gasteiger charge is -2.13. The van der Waals surface area contributed by atoms with Gasteiger partial charge in [-0.25, -0.2) is 0 Å². The van der Waals surface area contributed by atoms with Gasteiger partial charge in [-0.2, -0.15) is 0 Å². The Morgan fingerprint density at radius 2 is 2.33 bits per heavy atom. The minimum atomic E-state index is 0.936. The molecule has 0 saturated carbocycles. The molecule has 0 atom stereocenters. The summed E-state index contributed by atoms with van der Waals surface area (Å²) in [5.41, 5.74) is 0. The Labute approximate surface area is 69.3 Å². The van der Waals surface area contributed by atoms with Gasteiger partial charge < -0.3 is 8.43 Å². The zero-order chi connectivity index (χ0) is 7.28. The molecule has 0 aromatic rings. The summed E-state index contributed by atoms with van der Waals surface area (Å²) in [5, 5.41) is 0. The van der Waals surface area contributed by atoms with Crippen molar-refractivity contribution in [3.05, 3.63) is 12.0 Å². The maximum absolute atomic E-state index is 3.61. The van der Waals surface area contributed by atoms with Crippen molar-refractivity contribution in [1.82, 2.24) is 8.43 Å². The first-order valence-electron chi connectivity index (χ1n) is 2.42. The first-order chi connectivity index (χ1) is 4.22. The van der Waals surface area contributed by atoms with E-state index in [-0.39, 0.29) is 0 Å². The van der Waals surface area contributed by atoms with Gasteiger partial charge in [-0.1, -0.05) is 0 Å². The molecule has 0 aromatic carbocycles. The second-order valence-corrected chi connectivity index (χ2v) is 2.23. The van der Waals surface area contributed by atoms with Crippen molar-refractivity contribution in [3.8, 4) is 0 Å². The van der Waals surface area contributed by atoms with Crippen LogP contribution in [-0.4, -0.2) is 25.7 Å². The summed E-state index contributed by atoms with van der Waals surface area (Å²) >= 11 is 2.04. The second-order valence-electron chi connectivity index (χ2n) is 1.69. The van der Waals surface area contributed by atoms with Crippen LogP contribution in [0.2, 0.25) is 0 Å². The standard InChI is InChI=1S/C5H10IN3/c1-7-4-5(8-6)9(2)3/h4,8H,1H2,2-3H3/b5-4+. The molecule has 9 heavy (non-hydrogen) atoms. The lowest BCUT2D eigenvalue weighted by atomic mass is 10.7. The van der Waals surface area contributed by atoms with Crippen LogP contribution < -0.4 is 3.53 Å². The average Bonchev–Trinajstić information content (AvgIpc) is 1.82. The second kappa shape index (κ2) is 4.60. The van der Waals surface area contributed by atoms with E-state index >= 15 is 0 Å². The Kier molecular flexibility index (Phi) is 4.47. The summed E-state index contributed by atoms with van der Waals surface area (Å²) in [6, 6.07) is 0. The van der Waals surface area contributed by atoms with E-state index in [0.717, 1.165) is 5.82 Å². The van der Waals surface area contributed by atoms with E-state index in [1.165, 1.54) is 0 Å². The van der Waals surface area contributed by atoms with E-state index in [2.05, 4.69) is 15.2 Å². The molecule has 0 aliphatic rings. The van der Waals surface area contributed by atoms with E-state index in [9.17, 15) is 0 Å². The fourth-order valence-electron chi connectivity index (χ4n) is 0.311. The molecule has 0 fully saturated rings. The molecule has 3 nitrogen and oxygen atoms in total. The maximum atomic E-state index is 3.61. The minimum absolute atomic E-state index is 0.936. The first-order valence-corrected chi connectivity index (χ1v) is 3.50. The third-order valence-electron chi connectivity index (χ3n) is 0.792. The molecule has 0 bridgehead atoms. The van der Waals surface area contributed by atoms with Crippen molar-refractivity contribution in [2.24, 2.45) is 4.99 Å². The SMILES string of the molecule is C=N/C=C(\NI)N(C)C. The number of nitrogens with zero attached hydrogens (tertiary/aromatic N) is 2. The fraction of sp³-hybridized carbons (Fsp3) is 0.400. The third-order valence-corrected chi connectivity index (χ3v) is 1.34. The topological polar surface area (TPSA) is 27.6 Å². The van der Waals surface area contributed by atoms with E-state index in [0.29, 0.717) is 0 Å². The summed E-state index contributed by atoms with van der Waals surface area (Å²) in [6.45, 7) is 3.33. The van der Waals surface area contributed by atoms with Crippen LogP contribution >= 0.6 is 22.9 Å². The fourth-order valence-corrected chi connectivity index (χ4v) is 0.933. The van der Waals surface area contributed by atoms with Crippen molar-refractivity contribution >= 4 is 29.6 Å². The number of hydrogen-bond acceptors (Lipinski definition) is 3. The van der Waals surface area contributed by atoms with Gasteiger partial charge >= 0.3 is 0 Å². The molecule has 1 N–H and O–H groups in total. The molecule has 0 aliphatic heterocycles. The highest BCUT2D eigenvalue weighted by Crippen LogP contribution is 1.94. The van der Waals surface area contributed by atoms with Crippen LogP contribution in [0.5, 0.6) is 0 Å². The lowest BCUT2D eigenvalue weighted by molar-refractivity contribution is 0.497. The third kappa shape index (κ3) is 3.34. The molecule has 0 heterocycles. The highest BCUT2D eigenvalue weighted by atomic mass is 127. The van der Waals surface area contributed by atoms with Crippen LogP contribution in [0.3, 0.4) is 0 Å². The molecule has 0 spiro atoms. The van der Waals surface area contributed by atoms with Gasteiger partial charge in [0.15, 0.2) is 0 Å². The molecule has 0 saturated heterocycles. The predicted molar refractivity (Wildman–Crippen MR) is 48.5 cm³/mol. The molecule has 0 radical (unpaired) electrons. The molecular weight excluding hydrogens is 229 g/mol. The summed E-state index contributed by atoms with van der Waals surface area (Å²) in [7, 11) is 3.87. The number of aliphatic imine (C=N–C) groups is 1. The number of nitrogens with one attached hydrogen (secondary N) is 1. The zero-order valence-corrected chi connectivity index (χ0v) is 7.71. The van der Waals surface area contributed by atoms with E-state index in [4.69, 9.17) is 0 Å². The van der Waals surface area contributed by atoms with Gasteiger partial charge in [-0.3, -0.25) is 4.99 Å². The van der Waals surface area contributed by atoms with Crippen molar-refractivity contribution in [3.63, 3.8) is 0 Å². The quantitative estimate of drug-likeness (QED) is 0.451. The first kappa shape index (κ1) is 8.74. The highest BCUT2D eigenvalue weighted by molar-refractivity contribution is 14.1. The molecule has 0 unspecified atom stereocenters. The normalized spacial score (nSPS) is 10.8. The van der Waals surface area contributed by atoms with Gasteiger partial charge in [-0.15, -0.1) is 0 Å². The van der Waals surface area contributed by atoms with Gasteiger partial charge in [0.25, 0.3) is 0 Å². The van der Waals surface area contributed by atoms with Crippen LogP contribution in [0, 0.1) is 0 Å². The summed E-state index contributed by atoms with van der Waals surface area (Å²) in [4.78, 5) is 5.52. The summed E-state index contributed by atoms with van der Waals surface area (Å²) in [6.07, 6.45) is 1.66. The predicted octanol–water partition coefficient (Wildman–Crippen LogP) is 0.987. The van der Waals surface area contributed by atoms with Crippen molar-refractivity contribution in [2.75, 3.05) is 14.1 Å². The molecular formula is C5H10IN3. The van der Waals surface area contributed by atoms with Crippen molar-refractivity contribution < 1.29 is 0 Å². The van der Waals surface area contributed by atoms with Crippen LogP contribution in [-0.2, 0) is 0 Å². The summed E-state index contributed by atoms with van der Waals surface area (Å²) < 4.78 is 2.93. The van der Waals surface area contributed by atoms with Gasteiger partial charge in [0.2, 0.25) is 0 Å². The zero-order valence-electron chi connectivity index (χ0n) is 5.56. The van der Waals surface area contributed by atoms with Gasteiger partial charge in [0, 0.05) is 14.1 Å². The van der Waals surface area contributed by atoms with Crippen LogP contribution in [0.1, 0.15) is 0 Å². The van der Waals surface area contributed by atoms with Crippen LogP contribution in [0.15, 0.2) is 17.0 Å². The van der Waals surface area contributed by atoms with Crippen molar-refractivity contribution in [1.29, 1.82) is 0 Å². The largest absolute Gasteiger partial charge is 0.363 e. The Balaban J connectivity index is 3.96. The Morgan fingerprint density at radius 1 is 1.78 bits per heavy atom. The molecule has 0 rings (SSSR count). The van der Waals surface area contributed by atoms with Crippen molar-refractivity contribution in [2.45, 2.75) is 0 Å². The lowest BCUT2D eigenvalue weighted by Crippen LogP contribution is -2.18. The molecule has 52 valence electrons. The van der Waals surface area contributed by atoms with E-state index in [1.807, 2.05) is 41.9 Å².